The zero-order valence-corrected chi connectivity index (χ0v) is 12.4. The minimum atomic E-state index is -0.304. The molecule has 2 aromatic heterocycles. The fourth-order valence-electron chi connectivity index (χ4n) is 2.46. The largest absolute Gasteiger partial charge is 0.392 e. The SMILES string of the molecule is O=C(CN1CC[C@H](O)C1)Nc1ccnn1Cc1cccs1. The van der Waals surface area contributed by atoms with Crippen LogP contribution in [0, 0.1) is 0 Å². The number of nitrogens with zero attached hydrogens (tertiary/aromatic N) is 3. The minimum absolute atomic E-state index is 0.0722. The minimum Gasteiger partial charge on any atom is -0.392 e. The second-order valence-electron chi connectivity index (χ2n) is 5.18. The van der Waals surface area contributed by atoms with Gasteiger partial charge >= 0.3 is 0 Å². The highest BCUT2D eigenvalue weighted by atomic mass is 32.1. The van der Waals surface area contributed by atoms with Gasteiger partial charge in [0.15, 0.2) is 0 Å². The molecule has 1 amide bonds. The van der Waals surface area contributed by atoms with Gasteiger partial charge < -0.3 is 10.4 Å². The van der Waals surface area contributed by atoms with E-state index < -0.39 is 0 Å². The number of rotatable bonds is 5. The molecule has 0 spiro atoms. The number of hydrogen-bond donors (Lipinski definition) is 2. The lowest BCUT2D eigenvalue weighted by atomic mass is 10.3. The smallest absolute Gasteiger partial charge is 0.239 e. The Hall–Kier alpha value is -1.70. The molecule has 112 valence electrons. The molecule has 7 heteroatoms. The predicted molar refractivity (Wildman–Crippen MR) is 81.3 cm³/mol. The van der Waals surface area contributed by atoms with Gasteiger partial charge in [0.1, 0.15) is 5.82 Å². The number of carbonyl (C=O) groups excluding carboxylic acids is 1. The number of likely N-dealkylation sites (tertiary alicyclic amines) is 1. The highest BCUT2D eigenvalue weighted by Gasteiger charge is 2.22. The van der Waals surface area contributed by atoms with Gasteiger partial charge in [-0.3, -0.25) is 9.69 Å². The number of nitrogens with one attached hydrogen (secondary N) is 1. The third-order valence-electron chi connectivity index (χ3n) is 3.48. The van der Waals surface area contributed by atoms with Crippen LogP contribution in [0.25, 0.3) is 0 Å². The lowest BCUT2D eigenvalue weighted by Gasteiger charge is -2.14. The maximum Gasteiger partial charge on any atom is 0.239 e. The van der Waals surface area contributed by atoms with E-state index in [1.54, 1.807) is 28.3 Å². The van der Waals surface area contributed by atoms with Crippen molar-refractivity contribution in [2.75, 3.05) is 25.0 Å². The van der Waals surface area contributed by atoms with Crippen molar-refractivity contribution in [1.82, 2.24) is 14.7 Å². The summed E-state index contributed by atoms with van der Waals surface area (Å²) in [5.41, 5.74) is 0. The van der Waals surface area contributed by atoms with Gasteiger partial charge in [-0.15, -0.1) is 11.3 Å². The van der Waals surface area contributed by atoms with E-state index in [2.05, 4.69) is 10.4 Å². The number of aliphatic hydroxyl groups is 1. The van der Waals surface area contributed by atoms with Gasteiger partial charge in [-0.2, -0.15) is 5.10 Å². The number of aromatic nitrogens is 2. The zero-order chi connectivity index (χ0) is 14.7. The van der Waals surface area contributed by atoms with Crippen molar-refractivity contribution in [1.29, 1.82) is 0 Å². The van der Waals surface area contributed by atoms with Crippen LogP contribution in [0.5, 0.6) is 0 Å². The summed E-state index contributed by atoms with van der Waals surface area (Å²) in [6, 6.07) is 5.84. The van der Waals surface area contributed by atoms with Gasteiger partial charge in [-0.1, -0.05) is 6.07 Å². The second-order valence-corrected chi connectivity index (χ2v) is 6.21. The molecule has 0 unspecified atom stereocenters. The zero-order valence-electron chi connectivity index (χ0n) is 11.6. The molecule has 6 nitrogen and oxygen atoms in total. The van der Waals surface area contributed by atoms with E-state index in [4.69, 9.17) is 0 Å². The molecule has 1 aliphatic rings. The number of hydrogen-bond acceptors (Lipinski definition) is 5. The lowest BCUT2D eigenvalue weighted by Crippen LogP contribution is -2.32. The van der Waals surface area contributed by atoms with Crippen LogP contribution >= 0.6 is 11.3 Å². The van der Waals surface area contributed by atoms with Gasteiger partial charge in [-0.05, 0) is 17.9 Å². The van der Waals surface area contributed by atoms with E-state index in [1.165, 1.54) is 4.88 Å². The summed E-state index contributed by atoms with van der Waals surface area (Å²) in [7, 11) is 0. The molecule has 3 heterocycles. The summed E-state index contributed by atoms with van der Waals surface area (Å²) in [6.07, 6.45) is 2.12. The molecule has 2 aromatic rings. The summed E-state index contributed by atoms with van der Waals surface area (Å²) in [4.78, 5) is 15.2. The molecule has 0 aliphatic carbocycles. The first kappa shape index (κ1) is 14.2. The van der Waals surface area contributed by atoms with Gasteiger partial charge in [0, 0.05) is 24.0 Å². The fraction of sp³-hybridized carbons (Fsp3) is 0.429. The van der Waals surface area contributed by atoms with Gasteiger partial charge in [0.2, 0.25) is 5.91 Å². The Labute approximate surface area is 127 Å². The lowest BCUT2D eigenvalue weighted by molar-refractivity contribution is -0.117. The molecule has 21 heavy (non-hydrogen) atoms. The van der Waals surface area contributed by atoms with Crippen molar-refractivity contribution in [3.63, 3.8) is 0 Å². The Morgan fingerprint density at radius 3 is 3.14 bits per heavy atom. The van der Waals surface area contributed by atoms with Crippen LogP contribution in [-0.2, 0) is 11.3 Å². The number of carbonyl (C=O) groups is 1. The summed E-state index contributed by atoms with van der Waals surface area (Å²) >= 11 is 1.67. The van der Waals surface area contributed by atoms with Crippen LogP contribution in [0.15, 0.2) is 29.8 Å². The number of thiophene rings is 1. The van der Waals surface area contributed by atoms with Crippen LogP contribution in [-0.4, -0.2) is 51.4 Å². The normalized spacial score (nSPS) is 19.0. The number of anilines is 1. The molecule has 2 N–H and O–H groups in total. The molecule has 0 radical (unpaired) electrons. The van der Waals surface area contributed by atoms with E-state index in [-0.39, 0.29) is 12.0 Å². The Kier molecular flexibility index (Phi) is 4.33. The van der Waals surface area contributed by atoms with Crippen molar-refractivity contribution in [2.45, 2.75) is 19.1 Å². The molecule has 1 fully saturated rings. The van der Waals surface area contributed by atoms with Crippen molar-refractivity contribution in [3.8, 4) is 0 Å². The van der Waals surface area contributed by atoms with E-state index in [9.17, 15) is 9.90 Å². The Morgan fingerprint density at radius 1 is 1.52 bits per heavy atom. The average Bonchev–Trinajstić information content (AvgIpc) is 3.15. The number of amides is 1. The van der Waals surface area contributed by atoms with E-state index in [0.29, 0.717) is 25.5 Å². The first-order chi connectivity index (χ1) is 10.2. The molecule has 1 aliphatic heterocycles. The highest BCUT2D eigenvalue weighted by Crippen LogP contribution is 2.14. The van der Waals surface area contributed by atoms with Crippen molar-refractivity contribution in [3.05, 3.63) is 34.7 Å². The topological polar surface area (TPSA) is 70.4 Å². The summed E-state index contributed by atoms with van der Waals surface area (Å²) in [5, 5.41) is 18.6. The molecule has 0 aromatic carbocycles. The summed E-state index contributed by atoms with van der Waals surface area (Å²) in [5.74, 6) is 0.630. The Bertz CT molecular complexity index is 596. The number of aliphatic hydroxyl groups excluding tert-OH is 1. The first-order valence-electron chi connectivity index (χ1n) is 6.95. The molecular weight excluding hydrogens is 288 g/mol. The predicted octanol–water partition coefficient (Wildman–Crippen LogP) is 0.998. The van der Waals surface area contributed by atoms with Gasteiger partial charge in [-0.25, -0.2) is 4.68 Å². The van der Waals surface area contributed by atoms with E-state index >= 15 is 0 Å². The molecule has 1 atom stereocenters. The molecular formula is C14H18N4O2S. The highest BCUT2D eigenvalue weighted by molar-refractivity contribution is 7.09. The quantitative estimate of drug-likeness (QED) is 0.864. The summed E-state index contributed by atoms with van der Waals surface area (Å²) < 4.78 is 1.78. The summed E-state index contributed by atoms with van der Waals surface area (Å²) in [6.45, 7) is 2.30. The van der Waals surface area contributed by atoms with Crippen LogP contribution in [0.1, 0.15) is 11.3 Å². The monoisotopic (exact) mass is 306 g/mol. The van der Waals surface area contributed by atoms with Crippen LogP contribution in [0.3, 0.4) is 0 Å². The van der Waals surface area contributed by atoms with E-state index in [1.807, 2.05) is 22.4 Å². The maximum absolute atomic E-state index is 12.1. The van der Waals surface area contributed by atoms with Gasteiger partial charge in [0.25, 0.3) is 0 Å². The average molecular weight is 306 g/mol. The first-order valence-corrected chi connectivity index (χ1v) is 7.83. The van der Waals surface area contributed by atoms with Crippen LogP contribution < -0.4 is 5.32 Å². The second kappa shape index (κ2) is 6.38. The van der Waals surface area contributed by atoms with E-state index in [0.717, 1.165) is 13.0 Å². The van der Waals surface area contributed by atoms with Crippen molar-refractivity contribution >= 4 is 23.1 Å². The van der Waals surface area contributed by atoms with Crippen molar-refractivity contribution < 1.29 is 9.90 Å². The molecule has 1 saturated heterocycles. The third-order valence-corrected chi connectivity index (χ3v) is 4.35. The molecule has 0 saturated carbocycles. The standard InChI is InChI=1S/C14H18N4O2S/c19-11-4-6-17(8-11)10-14(20)16-13-3-5-15-18(13)9-12-2-1-7-21-12/h1-3,5,7,11,19H,4,6,8-10H2,(H,16,20)/t11-/m0/s1. The fourth-order valence-corrected chi connectivity index (χ4v) is 3.14. The molecule has 3 rings (SSSR count). The van der Waals surface area contributed by atoms with Crippen molar-refractivity contribution in [2.24, 2.45) is 0 Å². The Balaban J connectivity index is 1.57. The van der Waals surface area contributed by atoms with Gasteiger partial charge in [0.05, 0.1) is 25.4 Å². The van der Waals surface area contributed by atoms with Crippen LogP contribution in [0.4, 0.5) is 5.82 Å². The molecule has 0 bridgehead atoms. The third kappa shape index (κ3) is 3.69. The van der Waals surface area contributed by atoms with Crippen LogP contribution in [0.2, 0.25) is 0 Å². The maximum atomic E-state index is 12.1. The number of β-amino-alcohol motifs (C(OH)–C–C–N with tert-alkyl or cyclic N) is 1. The Morgan fingerprint density at radius 2 is 2.43 bits per heavy atom.